The van der Waals surface area contributed by atoms with E-state index in [-0.39, 0.29) is 6.54 Å². The lowest BCUT2D eigenvalue weighted by molar-refractivity contribution is -0.153. The van der Waals surface area contributed by atoms with Crippen molar-refractivity contribution >= 4 is 35.6 Å². The smallest absolute Gasteiger partial charge is 0.331 e. The van der Waals surface area contributed by atoms with E-state index in [1.165, 1.54) is 13.0 Å². The molecule has 3 amide bonds. The summed E-state index contributed by atoms with van der Waals surface area (Å²) in [6.45, 7) is 2.06. The molecule has 1 atom stereocenters. The molecule has 2 aromatic carbocycles. The molecule has 1 aliphatic rings. The molecule has 0 radical (unpaired) electrons. The van der Waals surface area contributed by atoms with Crippen LogP contribution in [-0.4, -0.2) is 51.8 Å². The summed E-state index contributed by atoms with van der Waals surface area (Å²) in [5.41, 5.74) is 3.01. The van der Waals surface area contributed by atoms with E-state index in [0.717, 1.165) is 16.2 Å². The lowest BCUT2D eigenvalue weighted by Crippen LogP contribution is -2.41. The Hall–Kier alpha value is -3.91. The van der Waals surface area contributed by atoms with Crippen LogP contribution in [-0.2, 0) is 14.3 Å². The van der Waals surface area contributed by atoms with Crippen molar-refractivity contribution in [2.75, 3.05) is 13.1 Å². The van der Waals surface area contributed by atoms with Crippen LogP contribution < -0.4 is 5.32 Å². The highest BCUT2D eigenvalue weighted by molar-refractivity contribution is 6.30. The number of imide groups is 1. The Morgan fingerprint density at radius 1 is 1.15 bits per heavy atom. The number of amides is 3. The van der Waals surface area contributed by atoms with E-state index in [2.05, 4.69) is 10.4 Å². The standard InChI is InChI=1S/C24H21ClN4O4/c1-16(23(31)28-14-13-26-24(28)32)33-21(30)12-9-18-15-29(20-5-3-2-4-6-20)27-22(18)17-7-10-19(25)11-8-17/h2-12,15-16H,13-14H2,1H3,(H,26,32)/b12-9+. The quantitative estimate of drug-likeness (QED) is 0.443. The van der Waals surface area contributed by atoms with E-state index in [1.54, 1.807) is 29.1 Å². The third kappa shape index (κ3) is 5.12. The molecule has 4 rings (SSSR count). The summed E-state index contributed by atoms with van der Waals surface area (Å²) in [5.74, 6) is -1.27. The zero-order valence-electron chi connectivity index (χ0n) is 17.8. The molecule has 0 aliphatic carbocycles. The van der Waals surface area contributed by atoms with Gasteiger partial charge in [0.1, 0.15) is 0 Å². The van der Waals surface area contributed by atoms with Crippen LogP contribution in [0.4, 0.5) is 4.79 Å². The maximum atomic E-state index is 12.4. The van der Waals surface area contributed by atoms with Crippen LogP contribution in [0.3, 0.4) is 0 Å². The highest BCUT2D eigenvalue weighted by Gasteiger charge is 2.31. The maximum Gasteiger partial charge on any atom is 0.331 e. The molecule has 1 N–H and O–H groups in total. The summed E-state index contributed by atoms with van der Waals surface area (Å²) in [4.78, 5) is 37.4. The van der Waals surface area contributed by atoms with E-state index in [0.29, 0.717) is 22.8 Å². The van der Waals surface area contributed by atoms with Crippen LogP contribution in [0.15, 0.2) is 66.9 Å². The number of aromatic nitrogens is 2. The van der Waals surface area contributed by atoms with Gasteiger partial charge >= 0.3 is 12.0 Å². The molecule has 0 saturated carbocycles. The van der Waals surface area contributed by atoms with Crippen LogP contribution in [0.2, 0.25) is 5.02 Å². The van der Waals surface area contributed by atoms with Crippen molar-refractivity contribution in [1.29, 1.82) is 0 Å². The van der Waals surface area contributed by atoms with Crippen molar-refractivity contribution in [3.05, 3.63) is 77.5 Å². The number of halogens is 1. The number of para-hydroxylation sites is 1. The topological polar surface area (TPSA) is 93.5 Å². The number of esters is 1. The second kappa shape index (κ2) is 9.70. The predicted molar refractivity (Wildman–Crippen MR) is 124 cm³/mol. The number of urea groups is 1. The fourth-order valence-corrected chi connectivity index (χ4v) is 3.50. The van der Waals surface area contributed by atoms with E-state index >= 15 is 0 Å². The summed E-state index contributed by atoms with van der Waals surface area (Å²) in [6, 6.07) is 16.3. The van der Waals surface area contributed by atoms with Gasteiger partial charge in [-0.3, -0.25) is 9.69 Å². The number of hydrogen-bond donors (Lipinski definition) is 1. The molecule has 0 spiro atoms. The third-order valence-electron chi connectivity index (χ3n) is 5.04. The largest absolute Gasteiger partial charge is 0.449 e. The molecule has 1 aromatic heterocycles. The first-order valence-electron chi connectivity index (χ1n) is 10.3. The minimum atomic E-state index is -1.09. The molecular weight excluding hydrogens is 444 g/mol. The van der Waals surface area contributed by atoms with E-state index in [9.17, 15) is 14.4 Å². The van der Waals surface area contributed by atoms with Crippen molar-refractivity contribution in [2.24, 2.45) is 0 Å². The second-order valence-corrected chi connectivity index (χ2v) is 7.79. The van der Waals surface area contributed by atoms with Gasteiger partial charge in [0.05, 0.1) is 11.4 Å². The van der Waals surface area contributed by atoms with E-state index in [1.807, 2.05) is 42.5 Å². The van der Waals surface area contributed by atoms with Crippen molar-refractivity contribution in [3.8, 4) is 16.9 Å². The molecule has 9 heteroatoms. The van der Waals surface area contributed by atoms with Gasteiger partial charge in [-0.1, -0.05) is 41.9 Å². The number of benzene rings is 2. The lowest BCUT2D eigenvalue weighted by Gasteiger charge is -2.17. The average Bonchev–Trinajstić information content (AvgIpc) is 3.44. The SMILES string of the molecule is CC(OC(=O)/C=C/c1cn(-c2ccccc2)nc1-c1ccc(Cl)cc1)C(=O)N1CCNC1=O. The van der Waals surface area contributed by atoms with Crippen molar-refractivity contribution < 1.29 is 19.1 Å². The number of carbonyl (C=O) groups is 3. The highest BCUT2D eigenvalue weighted by Crippen LogP contribution is 2.26. The van der Waals surface area contributed by atoms with Crippen molar-refractivity contribution in [1.82, 2.24) is 20.0 Å². The zero-order chi connectivity index (χ0) is 23.4. The molecule has 3 aromatic rings. The molecule has 1 unspecified atom stereocenters. The number of carbonyl (C=O) groups excluding carboxylic acids is 3. The second-order valence-electron chi connectivity index (χ2n) is 7.35. The minimum absolute atomic E-state index is 0.249. The number of ether oxygens (including phenoxy) is 1. The third-order valence-corrected chi connectivity index (χ3v) is 5.30. The van der Waals surface area contributed by atoms with Crippen LogP contribution in [0.1, 0.15) is 12.5 Å². The normalized spacial score (nSPS) is 14.4. The first kappa shape index (κ1) is 22.3. The van der Waals surface area contributed by atoms with Crippen LogP contribution >= 0.6 is 11.6 Å². The molecule has 1 saturated heterocycles. The van der Waals surface area contributed by atoms with Gasteiger partial charge in [0.25, 0.3) is 5.91 Å². The van der Waals surface area contributed by atoms with Gasteiger partial charge < -0.3 is 10.1 Å². The molecule has 1 fully saturated rings. The van der Waals surface area contributed by atoms with Gasteiger partial charge in [-0.25, -0.2) is 14.3 Å². The molecule has 0 bridgehead atoms. The van der Waals surface area contributed by atoms with Gasteiger partial charge in [0.15, 0.2) is 6.10 Å². The summed E-state index contributed by atoms with van der Waals surface area (Å²) in [7, 11) is 0. The lowest BCUT2D eigenvalue weighted by atomic mass is 10.1. The number of rotatable bonds is 6. The maximum absolute atomic E-state index is 12.4. The van der Waals surface area contributed by atoms with Gasteiger partial charge in [0.2, 0.25) is 0 Å². The average molecular weight is 465 g/mol. The molecule has 2 heterocycles. The summed E-state index contributed by atoms with van der Waals surface area (Å²) >= 11 is 6.02. The zero-order valence-corrected chi connectivity index (χ0v) is 18.5. The minimum Gasteiger partial charge on any atom is -0.449 e. The Morgan fingerprint density at radius 2 is 1.88 bits per heavy atom. The Morgan fingerprint density at radius 3 is 2.55 bits per heavy atom. The van der Waals surface area contributed by atoms with Gasteiger partial charge in [-0.15, -0.1) is 0 Å². The first-order chi connectivity index (χ1) is 15.9. The first-order valence-corrected chi connectivity index (χ1v) is 10.7. The van der Waals surface area contributed by atoms with E-state index in [4.69, 9.17) is 16.3 Å². The van der Waals surface area contributed by atoms with Crippen molar-refractivity contribution in [2.45, 2.75) is 13.0 Å². The Labute approximate surface area is 195 Å². The van der Waals surface area contributed by atoms with Gasteiger partial charge in [-0.2, -0.15) is 5.10 Å². The molecule has 33 heavy (non-hydrogen) atoms. The van der Waals surface area contributed by atoms with Gasteiger partial charge in [0, 0.05) is 41.5 Å². The number of hydrogen-bond acceptors (Lipinski definition) is 5. The molecular formula is C24H21ClN4O4. The summed E-state index contributed by atoms with van der Waals surface area (Å²) in [5, 5.41) is 7.82. The molecule has 168 valence electrons. The van der Waals surface area contributed by atoms with Crippen LogP contribution in [0, 0.1) is 0 Å². The Kier molecular flexibility index (Phi) is 6.55. The fourth-order valence-electron chi connectivity index (χ4n) is 3.38. The van der Waals surface area contributed by atoms with Crippen LogP contribution in [0.5, 0.6) is 0 Å². The van der Waals surface area contributed by atoms with E-state index < -0.39 is 24.0 Å². The number of nitrogens with one attached hydrogen (secondary N) is 1. The highest BCUT2D eigenvalue weighted by atomic mass is 35.5. The summed E-state index contributed by atoms with van der Waals surface area (Å²) < 4.78 is 6.92. The van der Waals surface area contributed by atoms with Crippen molar-refractivity contribution in [3.63, 3.8) is 0 Å². The predicted octanol–water partition coefficient (Wildman–Crippen LogP) is 3.69. The number of nitrogens with zero attached hydrogens (tertiary/aromatic N) is 3. The Balaban J connectivity index is 1.55. The van der Waals surface area contributed by atoms with Crippen LogP contribution in [0.25, 0.3) is 23.0 Å². The monoisotopic (exact) mass is 464 g/mol. The molecule has 8 nitrogen and oxygen atoms in total. The molecule has 1 aliphatic heterocycles. The summed E-state index contributed by atoms with van der Waals surface area (Å²) in [6.07, 6.45) is 3.53. The van der Waals surface area contributed by atoms with Gasteiger partial charge in [-0.05, 0) is 37.3 Å². The Bertz CT molecular complexity index is 1200. The fraction of sp³-hybridized carbons (Fsp3) is 0.167.